The molecule has 114 valence electrons. The topological polar surface area (TPSA) is 41.5 Å². The molecule has 0 spiro atoms. The van der Waals surface area contributed by atoms with Gasteiger partial charge in [0.2, 0.25) is 0 Å². The van der Waals surface area contributed by atoms with Gasteiger partial charge < -0.3 is 15.2 Å². The minimum atomic E-state index is -0.320. The van der Waals surface area contributed by atoms with Crippen LogP contribution in [0.2, 0.25) is 0 Å². The third kappa shape index (κ3) is 5.81. The first-order valence-electron chi connectivity index (χ1n) is 6.98. The molecule has 1 rings (SSSR count). The van der Waals surface area contributed by atoms with Crippen LogP contribution in [-0.2, 0) is 0 Å². The van der Waals surface area contributed by atoms with Gasteiger partial charge in [-0.15, -0.1) is 0 Å². The molecule has 0 bridgehead atoms. The van der Waals surface area contributed by atoms with Crippen molar-refractivity contribution >= 4 is 15.9 Å². The van der Waals surface area contributed by atoms with Gasteiger partial charge in [0.25, 0.3) is 0 Å². The van der Waals surface area contributed by atoms with Crippen LogP contribution in [0.5, 0.6) is 5.75 Å². The summed E-state index contributed by atoms with van der Waals surface area (Å²) in [6.45, 7) is 9.11. The van der Waals surface area contributed by atoms with Crippen molar-refractivity contribution in [3.63, 3.8) is 0 Å². The first kappa shape index (κ1) is 17.5. The molecule has 0 amide bonds. The molecule has 0 aromatic heterocycles. The van der Waals surface area contributed by atoms with Crippen molar-refractivity contribution < 1.29 is 9.84 Å². The van der Waals surface area contributed by atoms with E-state index < -0.39 is 0 Å². The molecule has 0 aliphatic rings. The molecule has 0 heterocycles. The molecule has 2 N–H and O–H groups in total. The van der Waals surface area contributed by atoms with Crippen LogP contribution in [0.3, 0.4) is 0 Å². The summed E-state index contributed by atoms with van der Waals surface area (Å²) in [5, 5.41) is 13.4. The SMILES string of the molecule is COc1ccc(C(C)NCC(O)CC(C)(C)C)cc1Br. The summed E-state index contributed by atoms with van der Waals surface area (Å²) in [6, 6.07) is 6.22. The number of benzene rings is 1. The number of aliphatic hydroxyl groups excluding tert-OH is 1. The highest BCUT2D eigenvalue weighted by molar-refractivity contribution is 9.10. The number of halogens is 1. The number of methoxy groups -OCH3 is 1. The van der Waals surface area contributed by atoms with Crippen LogP contribution in [0.25, 0.3) is 0 Å². The molecule has 0 aliphatic carbocycles. The van der Waals surface area contributed by atoms with Crippen LogP contribution < -0.4 is 10.1 Å². The fourth-order valence-corrected chi connectivity index (χ4v) is 2.72. The lowest BCUT2D eigenvalue weighted by Gasteiger charge is -2.24. The summed E-state index contributed by atoms with van der Waals surface area (Å²) >= 11 is 3.49. The quantitative estimate of drug-likeness (QED) is 0.822. The van der Waals surface area contributed by atoms with E-state index in [9.17, 15) is 5.11 Å². The van der Waals surface area contributed by atoms with E-state index in [1.165, 1.54) is 5.56 Å². The van der Waals surface area contributed by atoms with Gasteiger partial charge in [-0.25, -0.2) is 0 Å². The molecule has 0 radical (unpaired) electrons. The summed E-state index contributed by atoms with van der Waals surface area (Å²) < 4.78 is 6.17. The van der Waals surface area contributed by atoms with E-state index in [2.05, 4.69) is 48.9 Å². The Morgan fingerprint density at radius 1 is 1.35 bits per heavy atom. The minimum absolute atomic E-state index is 0.146. The lowest BCUT2D eigenvalue weighted by Crippen LogP contribution is -2.31. The molecule has 1 aromatic carbocycles. The van der Waals surface area contributed by atoms with Crippen LogP contribution in [-0.4, -0.2) is 24.9 Å². The first-order chi connectivity index (χ1) is 9.23. The lowest BCUT2D eigenvalue weighted by atomic mass is 9.89. The van der Waals surface area contributed by atoms with E-state index in [0.717, 1.165) is 16.6 Å². The van der Waals surface area contributed by atoms with E-state index >= 15 is 0 Å². The fourth-order valence-electron chi connectivity index (χ4n) is 2.16. The maximum Gasteiger partial charge on any atom is 0.133 e. The normalized spacial score (nSPS) is 14.9. The zero-order valence-corrected chi connectivity index (χ0v) is 14.6. The largest absolute Gasteiger partial charge is 0.496 e. The molecular formula is C16H26BrNO2. The molecule has 0 saturated heterocycles. The highest BCUT2D eigenvalue weighted by atomic mass is 79.9. The van der Waals surface area contributed by atoms with Crippen molar-refractivity contribution in [2.75, 3.05) is 13.7 Å². The molecule has 3 nitrogen and oxygen atoms in total. The minimum Gasteiger partial charge on any atom is -0.496 e. The Morgan fingerprint density at radius 3 is 2.50 bits per heavy atom. The van der Waals surface area contributed by atoms with Crippen LogP contribution >= 0.6 is 15.9 Å². The van der Waals surface area contributed by atoms with Gasteiger partial charge >= 0.3 is 0 Å². The van der Waals surface area contributed by atoms with E-state index in [0.29, 0.717) is 6.54 Å². The highest BCUT2D eigenvalue weighted by Gasteiger charge is 2.17. The third-order valence-corrected chi connectivity index (χ3v) is 3.80. The van der Waals surface area contributed by atoms with Gasteiger partial charge in [-0.05, 0) is 52.4 Å². The van der Waals surface area contributed by atoms with Crippen molar-refractivity contribution in [2.24, 2.45) is 5.41 Å². The maximum atomic E-state index is 10.0. The van der Waals surface area contributed by atoms with Crippen LogP contribution in [0.15, 0.2) is 22.7 Å². The van der Waals surface area contributed by atoms with E-state index in [4.69, 9.17) is 4.74 Å². The molecule has 0 fully saturated rings. The zero-order chi connectivity index (χ0) is 15.3. The second kappa shape index (κ2) is 7.43. The molecule has 20 heavy (non-hydrogen) atoms. The number of rotatable bonds is 6. The Balaban J connectivity index is 2.54. The molecule has 2 unspecified atom stereocenters. The maximum absolute atomic E-state index is 10.0. The number of aliphatic hydroxyl groups is 1. The predicted octanol–water partition coefficient (Wildman–Crippen LogP) is 3.91. The number of ether oxygens (including phenoxy) is 1. The fraction of sp³-hybridized carbons (Fsp3) is 0.625. The van der Waals surface area contributed by atoms with Crippen molar-refractivity contribution in [3.8, 4) is 5.75 Å². The third-order valence-electron chi connectivity index (χ3n) is 3.18. The van der Waals surface area contributed by atoms with E-state index in [1.807, 2.05) is 18.2 Å². The Labute approximate surface area is 130 Å². The molecule has 4 heteroatoms. The molecule has 0 saturated carbocycles. The summed E-state index contributed by atoms with van der Waals surface area (Å²) in [6.07, 6.45) is 0.470. The Bertz CT molecular complexity index is 429. The average Bonchev–Trinajstić information content (AvgIpc) is 2.33. The van der Waals surface area contributed by atoms with Gasteiger partial charge in [0.05, 0.1) is 17.7 Å². The zero-order valence-electron chi connectivity index (χ0n) is 13.0. The second-order valence-electron chi connectivity index (χ2n) is 6.44. The number of hydrogen-bond donors (Lipinski definition) is 2. The van der Waals surface area contributed by atoms with Gasteiger partial charge in [0.1, 0.15) is 5.75 Å². The molecule has 2 atom stereocenters. The van der Waals surface area contributed by atoms with E-state index in [-0.39, 0.29) is 17.6 Å². The van der Waals surface area contributed by atoms with Crippen LogP contribution in [0.1, 0.15) is 45.7 Å². The molecule has 0 aliphatic heterocycles. The lowest BCUT2D eigenvalue weighted by molar-refractivity contribution is 0.117. The van der Waals surface area contributed by atoms with E-state index in [1.54, 1.807) is 7.11 Å². The van der Waals surface area contributed by atoms with Crippen molar-refractivity contribution in [1.29, 1.82) is 0 Å². The standard InChI is InChI=1S/C16H26BrNO2/c1-11(18-10-13(19)9-16(2,3)4)12-6-7-15(20-5)14(17)8-12/h6-8,11,13,18-19H,9-10H2,1-5H3. The summed E-state index contributed by atoms with van der Waals surface area (Å²) in [7, 11) is 1.66. The number of nitrogens with one attached hydrogen (secondary N) is 1. The van der Waals surface area contributed by atoms with Crippen molar-refractivity contribution in [2.45, 2.75) is 46.3 Å². The van der Waals surface area contributed by atoms with Gasteiger partial charge in [0.15, 0.2) is 0 Å². The van der Waals surface area contributed by atoms with Gasteiger partial charge in [-0.2, -0.15) is 0 Å². The smallest absolute Gasteiger partial charge is 0.133 e. The second-order valence-corrected chi connectivity index (χ2v) is 7.30. The first-order valence-corrected chi connectivity index (χ1v) is 7.77. The van der Waals surface area contributed by atoms with Crippen LogP contribution in [0.4, 0.5) is 0 Å². The Hall–Kier alpha value is -0.580. The number of hydrogen-bond acceptors (Lipinski definition) is 3. The highest BCUT2D eigenvalue weighted by Crippen LogP contribution is 2.28. The van der Waals surface area contributed by atoms with Gasteiger partial charge in [-0.1, -0.05) is 26.8 Å². The molecule has 1 aromatic rings. The Kier molecular flexibility index (Phi) is 6.49. The average molecular weight is 344 g/mol. The summed E-state index contributed by atoms with van der Waals surface area (Å²) in [5.74, 6) is 0.828. The predicted molar refractivity (Wildman–Crippen MR) is 87.2 cm³/mol. The van der Waals surface area contributed by atoms with Gasteiger partial charge in [0, 0.05) is 12.6 Å². The summed E-state index contributed by atoms with van der Waals surface area (Å²) in [4.78, 5) is 0. The van der Waals surface area contributed by atoms with Gasteiger partial charge in [-0.3, -0.25) is 0 Å². The molecular weight excluding hydrogens is 318 g/mol. The Morgan fingerprint density at radius 2 is 2.00 bits per heavy atom. The monoisotopic (exact) mass is 343 g/mol. The van der Waals surface area contributed by atoms with Crippen molar-refractivity contribution in [1.82, 2.24) is 5.32 Å². The summed E-state index contributed by atoms with van der Waals surface area (Å²) in [5.41, 5.74) is 1.31. The van der Waals surface area contributed by atoms with Crippen LogP contribution in [0, 0.1) is 5.41 Å². The van der Waals surface area contributed by atoms with Crippen molar-refractivity contribution in [3.05, 3.63) is 28.2 Å².